The van der Waals surface area contributed by atoms with Crippen LogP contribution in [0.4, 0.5) is 0 Å². The molecule has 0 fully saturated rings. The number of aromatic nitrogens is 6. The van der Waals surface area contributed by atoms with Crippen molar-refractivity contribution in [2.45, 2.75) is 6.54 Å². The second-order valence-electron chi connectivity index (χ2n) is 2.22. The topological polar surface area (TPSA) is 92.2 Å². The van der Waals surface area contributed by atoms with Crippen molar-refractivity contribution in [3.05, 3.63) is 29.0 Å². The first kappa shape index (κ1) is 6.77. The molecule has 0 spiro atoms. The second-order valence-corrected chi connectivity index (χ2v) is 2.22. The van der Waals surface area contributed by atoms with Crippen LogP contribution >= 0.6 is 0 Å². The van der Waals surface area contributed by atoms with Crippen LogP contribution in [-0.4, -0.2) is 29.9 Å². The molecule has 0 atom stereocenters. The average molecular weight is 166 g/mol. The SMILES string of the molecule is O=c1[nH]ncn1Cc1ncn[nH]1. The molecule has 0 unspecified atom stereocenters. The monoisotopic (exact) mass is 166 g/mol. The summed E-state index contributed by atoms with van der Waals surface area (Å²) in [4.78, 5) is 14.8. The van der Waals surface area contributed by atoms with Crippen molar-refractivity contribution in [3.8, 4) is 0 Å². The van der Waals surface area contributed by atoms with Crippen LogP contribution in [0, 0.1) is 0 Å². The van der Waals surface area contributed by atoms with Crippen LogP contribution in [0.2, 0.25) is 0 Å². The Morgan fingerprint density at radius 1 is 1.42 bits per heavy atom. The van der Waals surface area contributed by atoms with Crippen LogP contribution in [0.15, 0.2) is 17.4 Å². The van der Waals surface area contributed by atoms with Gasteiger partial charge in [-0.1, -0.05) is 0 Å². The molecule has 2 N–H and O–H groups in total. The third-order valence-electron chi connectivity index (χ3n) is 1.40. The van der Waals surface area contributed by atoms with Gasteiger partial charge in [0.05, 0.1) is 6.54 Å². The van der Waals surface area contributed by atoms with Gasteiger partial charge in [-0.05, 0) is 0 Å². The van der Waals surface area contributed by atoms with Gasteiger partial charge in [0.1, 0.15) is 18.5 Å². The maximum atomic E-state index is 10.9. The first-order chi connectivity index (χ1) is 5.86. The molecule has 7 heteroatoms. The van der Waals surface area contributed by atoms with Gasteiger partial charge in [-0.3, -0.25) is 9.67 Å². The molecule has 2 aromatic heterocycles. The molecule has 2 aromatic rings. The zero-order valence-corrected chi connectivity index (χ0v) is 6.06. The molecule has 2 rings (SSSR count). The molecule has 0 aliphatic rings. The third kappa shape index (κ3) is 1.11. The van der Waals surface area contributed by atoms with Crippen LogP contribution in [0.3, 0.4) is 0 Å². The quantitative estimate of drug-likeness (QED) is 0.582. The minimum atomic E-state index is -0.258. The van der Waals surface area contributed by atoms with E-state index in [9.17, 15) is 4.79 Å². The zero-order valence-electron chi connectivity index (χ0n) is 6.06. The molecule has 12 heavy (non-hydrogen) atoms. The van der Waals surface area contributed by atoms with Gasteiger partial charge in [0.2, 0.25) is 0 Å². The van der Waals surface area contributed by atoms with E-state index in [2.05, 4.69) is 25.4 Å². The van der Waals surface area contributed by atoms with Gasteiger partial charge in [0.25, 0.3) is 0 Å². The smallest absolute Gasteiger partial charge is 0.274 e. The lowest BCUT2D eigenvalue weighted by Gasteiger charge is -1.92. The maximum absolute atomic E-state index is 10.9. The number of hydrogen-bond donors (Lipinski definition) is 2. The molecule has 0 saturated carbocycles. The van der Waals surface area contributed by atoms with Gasteiger partial charge in [-0.15, -0.1) is 0 Å². The van der Waals surface area contributed by atoms with E-state index in [4.69, 9.17) is 0 Å². The number of rotatable bonds is 2. The first-order valence-corrected chi connectivity index (χ1v) is 3.30. The number of aromatic amines is 2. The highest BCUT2D eigenvalue weighted by Crippen LogP contribution is 1.87. The molecular formula is C5H6N6O. The Labute approximate surface area is 66.5 Å². The van der Waals surface area contributed by atoms with Crippen molar-refractivity contribution in [1.29, 1.82) is 0 Å². The van der Waals surface area contributed by atoms with E-state index in [0.717, 1.165) is 0 Å². The molecule has 0 saturated heterocycles. The normalized spacial score (nSPS) is 10.3. The Bertz CT molecular complexity index is 398. The summed E-state index contributed by atoms with van der Waals surface area (Å²) in [6.45, 7) is 0.356. The lowest BCUT2D eigenvalue weighted by Crippen LogP contribution is -2.17. The van der Waals surface area contributed by atoms with Gasteiger partial charge >= 0.3 is 5.69 Å². The van der Waals surface area contributed by atoms with E-state index >= 15 is 0 Å². The summed E-state index contributed by atoms with van der Waals surface area (Å²) in [5.74, 6) is 0.624. The average Bonchev–Trinajstić information content (AvgIpc) is 2.65. The van der Waals surface area contributed by atoms with Crippen LogP contribution in [0.25, 0.3) is 0 Å². The van der Waals surface area contributed by atoms with Crippen molar-refractivity contribution >= 4 is 0 Å². The Balaban J connectivity index is 2.25. The van der Waals surface area contributed by atoms with Gasteiger partial charge in [0, 0.05) is 0 Å². The lowest BCUT2D eigenvalue weighted by atomic mass is 10.6. The Hall–Kier alpha value is -1.92. The zero-order chi connectivity index (χ0) is 8.39. The van der Waals surface area contributed by atoms with Crippen LogP contribution < -0.4 is 5.69 Å². The molecule has 0 bridgehead atoms. The summed E-state index contributed by atoms with van der Waals surface area (Å²) in [7, 11) is 0. The summed E-state index contributed by atoms with van der Waals surface area (Å²) in [5.41, 5.74) is -0.258. The Morgan fingerprint density at radius 2 is 2.33 bits per heavy atom. The van der Waals surface area contributed by atoms with E-state index in [0.29, 0.717) is 12.4 Å². The highest BCUT2D eigenvalue weighted by atomic mass is 16.1. The Kier molecular flexibility index (Phi) is 1.47. The highest BCUT2D eigenvalue weighted by Gasteiger charge is 1.99. The fourth-order valence-electron chi connectivity index (χ4n) is 0.851. The molecule has 2 heterocycles. The molecular weight excluding hydrogens is 160 g/mol. The fraction of sp³-hybridized carbons (Fsp3) is 0.200. The van der Waals surface area contributed by atoms with Crippen LogP contribution in [0.1, 0.15) is 5.82 Å². The van der Waals surface area contributed by atoms with E-state index in [1.54, 1.807) is 0 Å². The highest BCUT2D eigenvalue weighted by molar-refractivity contribution is 4.82. The van der Waals surface area contributed by atoms with Crippen molar-refractivity contribution in [2.24, 2.45) is 0 Å². The summed E-state index contributed by atoms with van der Waals surface area (Å²) >= 11 is 0. The minimum Gasteiger partial charge on any atom is -0.274 e. The largest absolute Gasteiger partial charge is 0.343 e. The van der Waals surface area contributed by atoms with Crippen molar-refractivity contribution in [3.63, 3.8) is 0 Å². The lowest BCUT2D eigenvalue weighted by molar-refractivity contribution is 0.719. The first-order valence-electron chi connectivity index (χ1n) is 3.30. The van der Waals surface area contributed by atoms with E-state index < -0.39 is 0 Å². The van der Waals surface area contributed by atoms with Crippen molar-refractivity contribution in [2.75, 3.05) is 0 Å². The van der Waals surface area contributed by atoms with Crippen LogP contribution in [0.5, 0.6) is 0 Å². The number of hydrogen-bond acceptors (Lipinski definition) is 4. The van der Waals surface area contributed by atoms with Gasteiger partial charge in [-0.2, -0.15) is 10.2 Å². The Morgan fingerprint density at radius 3 is 2.92 bits per heavy atom. The molecule has 0 radical (unpaired) electrons. The van der Waals surface area contributed by atoms with Crippen molar-refractivity contribution < 1.29 is 0 Å². The van der Waals surface area contributed by atoms with Crippen molar-refractivity contribution in [1.82, 2.24) is 29.9 Å². The summed E-state index contributed by atoms with van der Waals surface area (Å²) in [5, 5.41) is 12.1. The molecule has 0 amide bonds. The minimum absolute atomic E-state index is 0.258. The third-order valence-corrected chi connectivity index (χ3v) is 1.40. The predicted molar refractivity (Wildman–Crippen MR) is 38.3 cm³/mol. The van der Waals surface area contributed by atoms with Gasteiger partial charge < -0.3 is 0 Å². The summed E-state index contributed by atoms with van der Waals surface area (Å²) in [6, 6.07) is 0. The fourth-order valence-corrected chi connectivity index (χ4v) is 0.851. The maximum Gasteiger partial charge on any atom is 0.343 e. The molecule has 0 aliphatic heterocycles. The standard InChI is InChI=1S/C5H6N6O/c12-5-10-8-3-11(5)1-4-6-2-7-9-4/h2-3H,1H2,(H,10,12)(H,6,7,9). The number of H-pyrrole nitrogens is 2. The van der Waals surface area contributed by atoms with E-state index in [1.165, 1.54) is 17.2 Å². The molecule has 7 nitrogen and oxygen atoms in total. The summed E-state index contributed by atoms with van der Waals surface area (Å²) in [6.07, 6.45) is 2.80. The van der Waals surface area contributed by atoms with Crippen LogP contribution in [-0.2, 0) is 6.54 Å². The molecule has 0 aliphatic carbocycles. The number of nitrogens with one attached hydrogen (secondary N) is 2. The van der Waals surface area contributed by atoms with E-state index in [1.807, 2.05) is 0 Å². The van der Waals surface area contributed by atoms with E-state index in [-0.39, 0.29) is 5.69 Å². The summed E-state index contributed by atoms with van der Waals surface area (Å²) < 4.78 is 1.39. The molecule has 0 aromatic carbocycles. The number of nitrogens with zero attached hydrogens (tertiary/aromatic N) is 4. The van der Waals surface area contributed by atoms with Gasteiger partial charge in [0.15, 0.2) is 0 Å². The van der Waals surface area contributed by atoms with Gasteiger partial charge in [-0.25, -0.2) is 14.9 Å². The second kappa shape index (κ2) is 2.61. The predicted octanol–water partition coefficient (Wildman–Crippen LogP) is -1.26. The molecule has 62 valence electrons.